The van der Waals surface area contributed by atoms with Gasteiger partial charge in [0.2, 0.25) is 0 Å². The van der Waals surface area contributed by atoms with E-state index in [2.05, 4.69) is 4.98 Å². The number of amides is 1. The lowest BCUT2D eigenvalue weighted by molar-refractivity contribution is 0.0628. The Labute approximate surface area is 118 Å². The molecule has 2 aromatic rings. The molecular formula is C16H19N3O. The van der Waals surface area contributed by atoms with Gasteiger partial charge in [-0.3, -0.25) is 14.8 Å². The van der Waals surface area contributed by atoms with Crippen molar-refractivity contribution in [3.05, 3.63) is 42.2 Å². The largest absolute Gasteiger partial charge is 0.286 e. The predicted molar refractivity (Wildman–Crippen MR) is 79.0 cm³/mol. The van der Waals surface area contributed by atoms with Gasteiger partial charge in [0.1, 0.15) is 5.69 Å². The normalized spacial score (nSPS) is 16.2. The standard InChI is InChI=1S/C16H19N3O/c17-19(14-8-2-1-3-9-14)16(20)15-10-12-6-4-5-7-13(12)11-18-15/h4-7,10-11,14H,1-3,8-9,17H2. The molecule has 3 rings (SSSR count). The Morgan fingerprint density at radius 3 is 2.60 bits per heavy atom. The number of aromatic nitrogens is 1. The third-order valence-electron chi connectivity index (χ3n) is 4.05. The number of nitrogens with zero attached hydrogens (tertiary/aromatic N) is 2. The van der Waals surface area contributed by atoms with E-state index in [1.807, 2.05) is 30.3 Å². The van der Waals surface area contributed by atoms with Crippen LogP contribution in [-0.4, -0.2) is 21.9 Å². The maximum absolute atomic E-state index is 12.4. The lowest BCUT2D eigenvalue weighted by Gasteiger charge is -2.30. The van der Waals surface area contributed by atoms with Gasteiger partial charge in [-0.25, -0.2) is 5.84 Å². The van der Waals surface area contributed by atoms with Crippen LogP contribution in [0.15, 0.2) is 36.5 Å². The molecule has 1 aromatic carbocycles. The highest BCUT2D eigenvalue weighted by Gasteiger charge is 2.24. The maximum atomic E-state index is 12.4. The highest BCUT2D eigenvalue weighted by Crippen LogP contribution is 2.22. The molecule has 20 heavy (non-hydrogen) atoms. The van der Waals surface area contributed by atoms with E-state index in [0.29, 0.717) is 5.69 Å². The van der Waals surface area contributed by atoms with Crippen LogP contribution in [0.4, 0.5) is 0 Å². The lowest BCUT2D eigenvalue weighted by atomic mass is 9.95. The number of rotatable bonds is 2. The van der Waals surface area contributed by atoms with Crippen molar-refractivity contribution >= 4 is 16.7 Å². The molecule has 0 unspecified atom stereocenters. The van der Waals surface area contributed by atoms with Crippen LogP contribution in [0.2, 0.25) is 0 Å². The van der Waals surface area contributed by atoms with Gasteiger partial charge in [-0.05, 0) is 24.3 Å². The summed E-state index contributed by atoms with van der Waals surface area (Å²) in [5.41, 5.74) is 0.428. The summed E-state index contributed by atoms with van der Waals surface area (Å²) in [6.45, 7) is 0. The average Bonchev–Trinajstić information content (AvgIpc) is 2.54. The summed E-state index contributed by atoms with van der Waals surface area (Å²) in [6, 6.07) is 9.86. The molecule has 0 aliphatic heterocycles. The number of nitrogens with two attached hydrogens (primary N) is 1. The molecule has 1 saturated carbocycles. The Morgan fingerprint density at radius 2 is 1.85 bits per heavy atom. The first-order valence-electron chi connectivity index (χ1n) is 7.19. The lowest BCUT2D eigenvalue weighted by Crippen LogP contribution is -2.46. The molecule has 1 amide bonds. The molecule has 1 aromatic heterocycles. The van der Waals surface area contributed by atoms with Crippen LogP contribution in [-0.2, 0) is 0 Å². The van der Waals surface area contributed by atoms with Crippen molar-refractivity contribution < 1.29 is 4.79 Å². The van der Waals surface area contributed by atoms with Gasteiger partial charge in [0.05, 0.1) is 0 Å². The molecule has 0 radical (unpaired) electrons. The average molecular weight is 269 g/mol. The number of pyridine rings is 1. The molecule has 0 bridgehead atoms. The van der Waals surface area contributed by atoms with E-state index in [1.165, 1.54) is 11.4 Å². The molecule has 4 heteroatoms. The molecule has 1 aliphatic rings. The Morgan fingerprint density at radius 1 is 1.15 bits per heavy atom. The second kappa shape index (κ2) is 5.59. The summed E-state index contributed by atoms with van der Waals surface area (Å²) < 4.78 is 0. The molecule has 1 heterocycles. The fourth-order valence-corrected chi connectivity index (χ4v) is 2.86. The van der Waals surface area contributed by atoms with E-state index in [1.54, 1.807) is 6.20 Å². The van der Waals surface area contributed by atoms with E-state index in [9.17, 15) is 4.79 Å². The summed E-state index contributed by atoms with van der Waals surface area (Å²) in [7, 11) is 0. The van der Waals surface area contributed by atoms with Crippen molar-refractivity contribution in [1.82, 2.24) is 9.99 Å². The van der Waals surface area contributed by atoms with Crippen molar-refractivity contribution in [2.24, 2.45) is 5.84 Å². The SMILES string of the molecule is NN(C(=O)c1cc2ccccc2cn1)C1CCCCC1. The highest BCUT2D eigenvalue weighted by molar-refractivity contribution is 5.96. The molecule has 1 aliphatic carbocycles. The van der Waals surface area contributed by atoms with Crippen LogP contribution in [0.5, 0.6) is 0 Å². The van der Waals surface area contributed by atoms with Crippen LogP contribution in [0.3, 0.4) is 0 Å². The zero-order valence-electron chi connectivity index (χ0n) is 11.5. The van der Waals surface area contributed by atoms with Crippen molar-refractivity contribution in [1.29, 1.82) is 0 Å². The van der Waals surface area contributed by atoms with Crippen LogP contribution in [0, 0.1) is 0 Å². The smallest absolute Gasteiger partial charge is 0.272 e. The molecule has 0 saturated heterocycles. The first-order chi connectivity index (χ1) is 9.75. The summed E-state index contributed by atoms with van der Waals surface area (Å²) in [5, 5.41) is 3.43. The second-order valence-corrected chi connectivity index (χ2v) is 5.42. The third-order valence-corrected chi connectivity index (χ3v) is 4.05. The zero-order chi connectivity index (χ0) is 13.9. The molecule has 2 N–H and O–H groups in total. The first kappa shape index (κ1) is 13.1. The van der Waals surface area contributed by atoms with Gasteiger partial charge in [0, 0.05) is 17.6 Å². The van der Waals surface area contributed by atoms with Crippen LogP contribution in [0.1, 0.15) is 42.6 Å². The van der Waals surface area contributed by atoms with E-state index in [0.717, 1.165) is 36.5 Å². The number of benzene rings is 1. The summed E-state index contributed by atoms with van der Waals surface area (Å²) in [4.78, 5) is 16.7. The van der Waals surface area contributed by atoms with Crippen molar-refractivity contribution in [3.8, 4) is 0 Å². The minimum atomic E-state index is -0.178. The molecule has 104 valence electrons. The molecule has 1 fully saturated rings. The van der Waals surface area contributed by atoms with E-state index in [-0.39, 0.29) is 11.9 Å². The van der Waals surface area contributed by atoms with Crippen LogP contribution < -0.4 is 5.84 Å². The summed E-state index contributed by atoms with van der Waals surface area (Å²) >= 11 is 0. The number of fused-ring (bicyclic) bond motifs is 1. The van der Waals surface area contributed by atoms with E-state index in [4.69, 9.17) is 5.84 Å². The van der Waals surface area contributed by atoms with Gasteiger partial charge in [-0.1, -0.05) is 43.5 Å². The van der Waals surface area contributed by atoms with Gasteiger partial charge in [0.15, 0.2) is 0 Å². The molecule has 0 spiro atoms. The van der Waals surface area contributed by atoms with E-state index >= 15 is 0 Å². The number of hydrogen-bond acceptors (Lipinski definition) is 3. The minimum absolute atomic E-state index is 0.157. The Hall–Kier alpha value is -1.94. The van der Waals surface area contributed by atoms with E-state index < -0.39 is 0 Å². The van der Waals surface area contributed by atoms with Gasteiger partial charge < -0.3 is 0 Å². The van der Waals surface area contributed by atoms with Crippen LogP contribution in [0.25, 0.3) is 10.8 Å². The Kier molecular flexibility index (Phi) is 3.65. The van der Waals surface area contributed by atoms with Crippen molar-refractivity contribution in [3.63, 3.8) is 0 Å². The highest BCUT2D eigenvalue weighted by atomic mass is 16.2. The first-order valence-corrected chi connectivity index (χ1v) is 7.19. The number of carbonyl (C=O) groups is 1. The summed E-state index contributed by atoms with van der Waals surface area (Å²) in [6.07, 6.45) is 7.27. The fraction of sp³-hybridized carbons (Fsp3) is 0.375. The predicted octanol–water partition coefficient (Wildman–Crippen LogP) is 2.88. The van der Waals surface area contributed by atoms with Gasteiger partial charge in [-0.15, -0.1) is 0 Å². The Balaban J connectivity index is 1.83. The Bertz CT molecular complexity index is 620. The van der Waals surface area contributed by atoms with Gasteiger partial charge >= 0.3 is 0 Å². The van der Waals surface area contributed by atoms with Gasteiger partial charge in [-0.2, -0.15) is 0 Å². The monoisotopic (exact) mass is 269 g/mol. The molecule has 4 nitrogen and oxygen atoms in total. The minimum Gasteiger partial charge on any atom is -0.272 e. The van der Waals surface area contributed by atoms with Gasteiger partial charge in [0.25, 0.3) is 5.91 Å². The van der Waals surface area contributed by atoms with Crippen molar-refractivity contribution in [2.45, 2.75) is 38.1 Å². The number of hydrazine groups is 1. The zero-order valence-corrected chi connectivity index (χ0v) is 11.5. The maximum Gasteiger partial charge on any atom is 0.286 e. The quantitative estimate of drug-likeness (QED) is 0.518. The third kappa shape index (κ3) is 2.51. The van der Waals surface area contributed by atoms with Crippen molar-refractivity contribution in [2.75, 3.05) is 0 Å². The molecule has 0 atom stereocenters. The fourth-order valence-electron chi connectivity index (χ4n) is 2.86. The van der Waals surface area contributed by atoms with Crippen LogP contribution >= 0.6 is 0 Å². The number of hydrogen-bond donors (Lipinski definition) is 1. The number of carbonyl (C=O) groups excluding carboxylic acids is 1. The second-order valence-electron chi connectivity index (χ2n) is 5.42. The topological polar surface area (TPSA) is 59.2 Å². The molecular weight excluding hydrogens is 250 g/mol. The summed E-state index contributed by atoms with van der Waals surface area (Å²) in [5.74, 6) is 5.83.